The van der Waals surface area contributed by atoms with Gasteiger partial charge in [0, 0.05) is 19.0 Å². The molecule has 88 valence electrons. The van der Waals surface area contributed by atoms with Crippen molar-refractivity contribution >= 4 is 11.6 Å². The highest BCUT2D eigenvalue weighted by atomic mass is 16.3. The van der Waals surface area contributed by atoms with E-state index in [0.717, 1.165) is 24.5 Å². The molecule has 1 saturated carbocycles. The summed E-state index contributed by atoms with van der Waals surface area (Å²) in [6, 6.07) is 1.78. The van der Waals surface area contributed by atoms with Crippen molar-refractivity contribution in [1.29, 1.82) is 0 Å². The van der Waals surface area contributed by atoms with Crippen molar-refractivity contribution < 1.29 is 5.11 Å². The van der Waals surface area contributed by atoms with Gasteiger partial charge in [-0.2, -0.15) is 0 Å². The summed E-state index contributed by atoms with van der Waals surface area (Å²) in [7, 11) is 1.90. The predicted molar refractivity (Wildman–Crippen MR) is 63.4 cm³/mol. The first-order valence-corrected chi connectivity index (χ1v) is 5.60. The minimum absolute atomic E-state index is 0.0290. The summed E-state index contributed by atoms with van der Waals surface area (Å²) in [6.45, 7) is 2.04. The lowest BCUT2D eigenvalue weighted by molar-refractivity contribution is 0.269. The third kappa shape index (κ3) is 2.24. The van der Waals surface area contributed by atoms with E-state index in [1.54, 1.807) is 6.07 Å². The van der Waals surface area contributed by atoms with Gasteiger partial charge in [0.2, 0.25) is 0 Å². The summed E-state index contributed by atoms with van der Waals surface area (Å²) in [4.78, 5) is 10.6. The van der Waals surface area contributed by atoms with Crippen molar-refractivity contribution in [3.63, 3.8) is 0 Å². The maximum absolute atomic E-state index is 9.11. The number of nitrogen functional groups attached to an aromatic ring is 1. The molecular weight excluding hydrogens is 204 g/mol. The van der Waals surface area contributed by atoms with Gasteiger partial charge in [-0.1, -0.05) is 0 Å². The molecule has 0 amide bonds. The van der Waals surface area contributed by atoms with Gasteiger partial charge in [-0.3, -0.25) is 0 Å². The van der Waals surface area contributed by atoms with Crippen molar-refractivity contribution in [2.75, 3.05) is 24.3 Å². The van der Waals surface area contributed by atoms with Crippen LogP contribution in [0.25, 0.3) is 0 Å². The molecule has 1 aliphatic carbocycles. The van der Waals surface area contributed by atoms with Crippen LogP contribution >= 0.6 is 0 Å². The number of hydrogen-bond acceptors (Lipinski definition) is 5. The van der Waals surface area contributed by atoms with Crippen LogP contribution in [-0.4, -0.2) is 34.8 Å². The van der Waals surface area contributed by atoms with Crippen molar-refractivity contribution in [2.45, 2.75) is 31.7 Å². The summed E-state index contributed by atoms with van der Waals surface area (Å²) in [6.07, 6.45) is 2.31. The smallest absolute Gasteiger partial charge is 0.136 e. The molecule has 5 heteroatoms. The Labute approximate surface area is 95.3 Å². The maximum Gasteiger partial charge on any atom is 0.136 e. The number of nitrogens with zero attached hydrogens (tertiary/aromatic N) is 3. The zero-order chi connectivity index (χ0) is 11.7. The fraction of sp³-hybridized carbons (Fsp3) is 0.636. The average molecular weight is 222 g/mol. The highest BCUT2D eigenvalue weighted by Crippen LogP contribution is 2.38. The Hall–Kier alpha value is -1.36. The molecule has 1 heterocycles. The Balaban J connectivity index is 2.25. The molecule has 1 unspecified atom stereocenters. The SMILES string of the molecule is CC(CO)N(C)c1cc(N)nc(C2CC2)n1. The van der Waals surface area contributed by atoms with Gasteiger partial charge in [-0.05, 0) is 19.8 Å². The van der Waals surface area contributed by atoms with E-state index in [0.29, 0.717) is 11.7 Å². The fourth-order valence-electron chi connectivity index (χ4n) is 1.52. The van der Waals surface area contributed by atoms with Gasteiger partial charge < -0.3 is 15.7 Å². The molecule has 0 radical (unpaired) electrons. The standard InChI is InChI=1S/C11H18N4O/c1-7(6-16)15(2)10-5-9(12)13-11(14-10)8-3-4-8/h5,7-8,16H,3-4,6H2,1-2H3,(H2,12,13,14). The Morgan fingerprint density at radius 3 is 2.81 bits per heavy atom. The van der Waals surface area contributed by atoms with Crippen LogP contribution in [0.4, 0.5) is 11.6 Å². The average Bonchev–Trinajstić information content (AvgIpc) is 3.10. The number of rotatable bonds is 4. The van der Waals surface area contributed by atoms with E-state index in [9.17, 15) is 0 Å². The number of likely N-dealkylation sites (N-methyl/N-ethyl adjacent to an activating group) is 1. The first kappa shape index (κ1) is 11.1. The van der Waals surface area contributed by atoms with E-state index >= 15 is 0 Å². The van der Waals surface area contributed by atoms with Gasteiger partial charge in [-0.15, -0.1) is 0 Å². The van der Waals surface area contributed by atoms with Crippen molar-refractivity contribution in [3.8, 4) is 0 Å². The molecule has 1 aliphatic rings. The minimum Gasteiger partial charge on any atom is -0.394 e. The molecule has 1 atom stereocenters. The Kier molecular flexibility index (Phi) is 2.96. The van der Waals surface area contributed by atoms with Gasteiger partial charge in [0.1, 0.15) is 17.5 Å². The fourth-order valence-corrected chi connectivity index (χ4v) is 1.52. The van der Waals surface area contributed by atoms with E-state index in [4.69, 9.17) is 10.8 Å². The lowest BCUT2D eigenvalue weighted by Crippen LogP contribution is -2.32. The molecule has 16 heavy (non-hydrogen) atoms. The molecule has 2 rings (SSSR count). The van der Waals surface area contributed by atoms with Crippen molar-refractivity contribution in [3.05, 3.63) is 11.9 Å². The summed E-state index contributed by atoms with van der Waals surface area (Å²) < 4.78 is 0. The zero-order valence-electron chi connectivity index (χ0n) is 9.72. The van der Waals surface area contributed by atoms with Gasteiger partial charge in [0.25, 0.3) is 0 Å². The Morgan fingerprint density at radius 2 is 2.25 bits per heavy atom. The monoisotopic (exact) mass is 222 g/mol. The highest BCUT2D eigenvalue weighted by Gasteiger charge is 2.27. The second-order valence-corrected chi connectivity index (χ2v) is 4.43. The number of anilines is 2. The summed E-state index contributed by atoms with van der Waals surface area (Å²) in [5, 5.41) is 9.11. The van der Waals surface area contributed by atoms with Crippen LogP contribution in [0.1, 0.15) is 31.5 Å². The van der Waals surface area contributed by atoms with Gasteiger partial charge in [0.05, 0.1) is 12.6 Å². The normalized spacial score (nSPS) is 17.2. The van der Waals surface area contributed by atoms with Gasteiger partial charge >= 0.3 is 0 Å². The summed E-state index contributed by atoms with van der Waals surface area (Å²) >= 11 is 0. The van der Waals surface area contributed by atoms with Crippen LogP contribution in [0, 0.1) is 0 Å². The van der Waals surface area contributed by atoms with Gasteiger partial charge in [0.15, 0.2) is 0 Å². The third-order valence-electron chi connectivity index (χ3n) is 2.98. The topological polar surface area (TPSA) is 75.3 Å². The Bertz CT molecular complexity index is 378. The highest BCUT2D eigenvalue weighted by molar-refractivity contribution is 5.47. The predicted octanol–water partition coefficient (Wildman–Crippen LogP) is 0.753. The third-order valence-corrected chi connectivity index (χ3v) is 2.98. The lowest BCUT2D eigenvalue weighted by Gasteiger charge is -2.24. The van der Waals surface area contributed by atoms with Crippen LogP contribution in [0.2, 0.25) is 0 Å². The van der Waals surface area contributed by atoms with Crippen LogP contribution in [-0.2, 0) is 0 Å². The van der Waals surface area contributed by atoms with Crippen molar-refractivity contribution in [1.82, 2.24) is 9.97 Å². The molecule has 0 aliphatic heterocycles. The molecule has 0 spiro atoms. The molecular formula is C11H18N4O. The molecule has 3 N–H and O–H groups in total. The number of nitrogens with two attached hydrogens (primary N) is 1. The zero-order valence-corrected chi connectivity index (χ0v) is 9.72. The summed E-state index contributed by atoms with van der Waals surface area (Å²) in [5.41, 5.74) is 5.76. The summed E-state index contributed by atoms with van der Waals surface area (Å²) in [5.74, 6) is 2.62. The Morgan fingerprint density at radius 1 is 1.56 bits per heavy atom. The van der Waals surface area contributed by atoms with Crippen molar-refractivity contribution in [2.24, 2.45) is 0 Å². The molecule has 1 fully saturated rings. The molecule has 0 bridgehead atoms. The van der Waals surface area contributed by atoms with Gasteiger partial charge in [-0.25, -0.2) is 9.97 Å². The molecule has 5 nitrogen and oxygen atoms in total. The maximum atomic E-state index is 9.11. The second kappa shape index (κ2) is 4.25. The van der Waals surface area contributed by atoms with E-state index in [2.05, 4.69) is 9.97 Å². The molecule has 1 aromatic rings. The number of aliphatic hydroxyl groups excluding tert-OH is 1. The van der Waals surface area contributed by atoms with Crippen LogP contribution in [0.15, 0.2) is 6.07 Å². The second-order valence-electron chi connectivity index (χ2n) is 4.43. The van der Waals surface area contributed by atoms with E-state index < -0.39 is 0 Å². The largest absolute Gasteiger partial charge is 0.394 e. The molecule has 1 aromatic heterocycles. The lowest BCUT2D eigenvalue weighted by atomic mass is 10.3. The van der Waals surface area contributed by atoms with Crippen LogP contribution < -0.4 is 10.6 Å². The first-order valence-electron chi connectivity index (χ1n) is 5.60. The van der Waals surface area contributed by atoms with E-state index in [1.807, 2.05) is 18.9 Å². The number of hydrogen-bond donors (Lipinski definition) is 2. The molecule has 0 saturated heterocycles. The van der Waals surface area contributed by atoms with E-state index in [1.165, 1.54) is 0 Å². The quantitative estimate of drug-likeness (QED) is 0.786. The number of aromatic nitrogens is 2. The van der Waals surface area contributed by atoms with Crippen LogP contribution in [0.3, 0.4) is 0 Å². The number of aliphatic hydroxyl groups is 1. The molecule has 0 aromatic carbocycles. The minimum atomic E-state index is 0.0290. The van der Waals surface area contributed by atoms with E-state index in [-0.39, 0.29) is 12.6 Å². The van der Waals surface area contributed by atoms with Crippen LogP contribution in [0.5, 0.6) is 0 Å². The first-order chi connectivity index (χ1) is 7.61.